The summed E-state index contributed by atoms with van der Waals surface area (Å²) in [6.07, 6.45) is 1.43. The molecule has 0 bridgehead atoms. The molecule has 1 aromatic heterocycles. The van der Waals surface area contributed by atoms with E-state index >= 15 is 0 Å². The lowest BCUT2D eigenvalue weighted by Crippen LogP contribution is -2.53. The molecule has 1 N–H and O–H groups in total. The predicted octanol–water partition coefficient (Wildman–Crippen LogP) is 1.47. The zero-order chi connectivity index (χ0) is 19.5. The Morgan fingerprint density at radius 3 is 2.64 bits per heavy atom. The summed E-state index contributed by atoms with van der Waals surface area (Å²) in [6, 6.07) is 8.59. The topological polar surface area (TPSA) is 84.3 Å². The maximum absolute atomic E-state index is 12.6. The number of hydrogen-bond donors (Lipinski definition) is 1. The van der Waals surface area contributed by atoms with Crippen LogP contribution in [0.4, 0.5) is 0 Å². The minimum atomic E-state index is -0.599. The van der Waals surface area contributed by atoms with Crippen LogP contribution in [-0.2, 0) is 11.3 Å². The average Bonchev–Trinajstić information content (AvgIpc) is 3.39. The van der Waals surface area contributed by atoms with Crippen molar-refractivity contribution in [2.45, 2.75) is 19.5 Å². The van der Waals surface area contributed by atoms with Gasteiger partial charge in [-0.1, -0.05) is 6.07 Å². The highest BCUT2D eigenvalue weighted by Crippen LogP contribution is 2.32. The first-order chi connectivity index (χ1) is 13.6. The molecule has 1 fully saturated rings. The standard InChI is InChI=1S/C20H23N3O5/c1-14(21-19(24)17-3-2-10-26-17)20(25)23-8-6-22(7-9-23)12-15-4-5-16-18(11-15)28-13-27-16/h2-5,10-11,14H,6-9,12-13H2,1H3,(H,21,24). The second kappa shape index (κ2) is 7.93. The normalized spacial score (nSPS) is 17.4. The van der Waals surface area contributed by atoms with Gasteiger partial charge in [-0.15, -0.1) is 0 Å². The van der Waals surface area contributed by atoms with Crippen molar-refractivity contribution in [1.29, 1.82) is 0 Å². The molecule has 0 saturated carbocycles. The van der Waals surface area contributed by atoms with Gasteiger partial charge in [0.2, 0.25) is 12.7 Å². The van der Waals surface area contributed by atoms with E-state index in [1.165, 1.54) is 6.26 Å². The number of ether oxygens (including phenoxy) is 2. The number of nitrogens with zero attached hydrogens (tertiary/aromatic N) is 2. The fourth-order valence-electron chi connectivity index (χ4n) is 3.43. The second-order valence-electron chi connectivity index (χ2n) is 6.96. The van der Waals surface area contributed by atoms with E-state index in [4.69, 9.17) is 13.9 Å². The van der Waals surface area contributed by atoms with Crippen LogP contribution in [0.5, 0.6) is 11.5 Å². The summed E-state index contributed by atoms with van der Waals surface area (Å²) in [5, 5.41) is 2.69. The highest BCUT2D eigenvalue weighted by atomic mass is 16.7. The van der Waals surface area contributed by atoms with Crippen molar-refractivity contribution in [3.05, 3.63) is 47.9 Å². The van der Waals surface area contributed by atoms with Crippen LogP contribution in [0.25, 0.3) is 0 Å². The minimum Gasteiger partial charge on any atom is -0.459 e. The van der Waals surface area contributed by atoms with Crippen molar-refractivity contribution in [2.24, 2.45) is 0 Å². The molecule has 1 aromatic carbocycles. The molecule has 1 atom stereocenters. The number of fused-ring (bicyclic) bond motifs is 1. The van der Waals surface area contributed by atoms with Crippen molar-refractivity contribution in [3.8, 4) is 11.5 Å². The smallest absolute Gasteiger partial charge is 0.287 e. The molecule has 28 heavy (non-hydrogen) atoms. The molecule has 1 unspecified atom stereocenters. The Kier molecular flexibility index (Phi) is 5.21. The van der Waals surface area contributed by atoms with E-state index in [0.717, 1.165) is 36.7 Å². The van der Waals surface area contributed by atoms with Gasteiger partial charge >= 0.3 is 0 Å². The summed E-state index contributed by atoms with van der Waals surface area (Å²) in [4.78, 5) is 28.8. The Morgan fingerprint density at radius 1 is 1.11 bits per heavy atom. The number of amides is 2. The SMILES string of the molecule is CC(NC(=O)c1ccco1)C(=O)N1CCN(Cc2ccc3c(c2)OCO3)CC1. The van der Waals surface area contributed by atoms with Crippen LogP contribution in [0.1, 0.15) is 23.0 Å². The molecule has 0 spiro atoms. The molecule has 0 radical (unpaired) electrons. The maximum Gasteiger partial charge on any atom is 0.287 e. The van der Waals surface area contributed by atoms with Crippen molar-refractivity contribution in [3.63, 3.8) is 0 Å². The zero-order valence-electron chi connectivity index (χ0n) is 15.7. The molecule has 2 aromatic rings. The number of furan rings is 1. The van der Waals surface area contributed by atoms with Crippen molar-refractivity contribution >= 4 is 11.8 Å². The second-order valence-corrected chi connectivity index (χ2v) is 6.96. The zero-order valence-corrected chi connectivity index (χ0v) is 15.7. The molecule has 2 aliphatic heterocycles. The summed E-state index contributed by atoms with van der Waals surface area (Å²) < 4.78 is 15.8. The van der Waals surface area contributed by atoms with Gasteiger partial charge in [-0.2, -0.15) is 0 Å². The van der Waals surface area contributed by atoms with Gasteiger partial charge in [0.15, 0.2) is 17.3 Å². The molecule has 0 aliphatic carbocycles. The van der Waals surface area contributed by atoms with Crippen LogP contribution in [0.2, 0.25) is 0 Å². The van der Waals surface area contributed by atoms with Crippen LogP contribution in [0.3, 0.4) is 0 Å². The summed E-state index contributed by atoms with van der Waals surface area (Å²) in [5.74, 6) is 1.31. The maximum atomic E-state index is 12.6. The van der Waals surface area contributed by atoms with Crippen LogP contribution in [0, 0.1) is 0 Å². The lowest BCUT2D eigenvalue weighted by Gasteiger charge is -2.36. The molecule has 8 heteroatoms. The van der Waals surface area contributed by atoms with Gasteiger partial charge in [0.05, 0.1) is 6.26 Å². The molecule has 1 saturated heterocycles. The van der Waals surface area contributed by atoms with Gasteiger partial charge in [-0.25, -0.2) is 0 Å². The van der Waals surface area contributed by atoms with Crippen molar-refractivity contribution in [1.82, 2.24) is 15.1 Å². The van der Waals surface area contributed by atoms with Crippen LogP contribution < -0.4 is 14.8 Å². The average molecular weight is 385 g/mol. The van der Waals surface area contributed by atoms with Crippen LogP contribution in [-0.4, -0.2) is 60.6 Å². The molecule has 2 aliphatic rings. The number of nitrogens with one attached hydrogen (secondary N) is 1. The summed E-state index contributed by atoms with van der Waals surface area (Å²) in [5.41, 5.74) is 1.16. The van der Waals surface area contributed by atoms with Gasteiger partial charge in [0.1, 0.15) is 6.04 Å². The van der Waals surface area contributed by atoms with Crippen LogP contribution >= 0.6 is 0 Å². The van der Waals surface area contributed by atoms with E-state index in [9.17, 15) is 9.59 Å². The molecule has 4 rings (SSSR count). The highest BCUT2D eigenvalue weighted by molar-refractivity contribution is 5.95. The Hall–Kier alpha value is -3.00. The quantitative estimate of drug-likeness (QED) is 0.839. The number of carbonyl (C=O) groups is 2. The first kappa shape index (κ1) is 18.4. The Bertz CT molecular complexity index is 844. The Morgan fingerprint density at radius 2 is 1.89 bits per heavy atom. The van der Waals surface area contributed by atoms with Gasteiger partial charge in [-0.3, -0.25) is 14.5 Å². The lowest BCUT2D eigenvalue weighted by atomic mass is 10.1. The first-order valence-corrected chi connectivity index (χ1v) is 9.34. The molecule has 3 heterocycles. The van der Waals surface area contributed by atoms with Gasteiger partial charge in [0, 0.05) is 32.7 Å². The fraction of sp³-hybridized carbons (Fsp3) is 0.400. The highest BCUT2D eigenvalue weighted by Gasteiger charge is 2.26. The van der Waals surface area contributed by atoms with E-state index in [1.807, 2.05) is 18.2 Å². The predicted molar refractivity (Wildman–Crippen MR) is 100 cm³/mol. The molecular weight excluding hydrogens is 362 g/mol. The van der Waals surface area contributed by atoms with Crippen molar-refractivity contribution in [2.75, 3.05) is 33.0 Å². The number of piperazine rings is 1. The van der Waals surface area contributed by atoms with E-state index in [2.05, 4.69) is 10.2 Å². The third-order valence-electron chi connectivity index (χ3n) is 4.99. The number of hydrogen-bond acceptors (Lipinski definition) is 6. The molecule has 148 valence electrons. The third-order valence-corrected chi connectivity index (χ3v) is 4.99. The molecule has 2 amide bonds. The fourth-order valence-corrected chi connectivity index (χ4v) is 3.43. The third kappa shape index (κ3) is 3.96. The van der Waals surface area contributed by atoms with E-state index in [1.54, 1.807) is 24.0 Å². The van der Waals surface area contributed by atoms with Crippen LogP contribution in [0.15, 0.2) is 41.0 Å². The molecular formula is C20H23N3O5. The Labute approximate surface area is 163 Å². The van der Waals surface area contributed by atoms with E-state index in [-0.39, 0.29) is 24.4 Å². The van der Waals surface area contributed by atoms with E-state index in [0.29, 0.717) is 13.1 Å². The van der Waals surface area contributed by atoms with Crippen molar-refractivity contribution < 1.29 is 23.5 Å². The Balaban J connectivity index is 1.26. The number of rotatable bonds is 5. The van der Waals surface area contributed by atoms with Gasteiger partial charge < -0.3 is 24.1 Å². The monoisotopic (exact) mass is 385 g/mol. The van der Waals surface area contributed by atoms with E-state index < -0.39 is 6.04 Å². The summed E-state index contributed by atoms with van der Waals surface area (Å²) in [7, 11) is 0. The van der Waals surface area contributed by atoms with Gasteiger partial charge in [0.25, 0.3) is 5.91 Å². The number of carbonyl (C=O) groups excluding carboxylic acids is 2. The largest absolute Gasteiger partial charge is 0.459 e. The number of benzene rings is 1. The first-order valence-electron chi connectivity index (χ1n) is 9.34. The molecule has 8 nitrogen and oxygen atoms in total. The lowest BCUT2D eigenvalue weighted by molar-refractivity contribution is -0.134. The summed E-state index contributed by atoms with van der Waals surface area (Å²) in [6.45, 7) is 5.58. The summed E-state index contributed by atoms with van der Waals surface area (Å²) >= 11 is 0. The minimum absolute atomic E-state index is 0.0809. The van der Waals surface area contributed by atoms with Gasteiger partial charge in [-0.05, 0) is 36.8 Å².